The van der Waals surface area contributed by atoms with Crippen LogP contribution in [0.4, 0.5) is 0 Å². The molecule has 0 fully saturated rings. The van der Waals surface area contributed by atoms with Crippen LogP contribution in [0.2, 0.25) is 0 Å². The van der Waals surface area contributed by atoms with Crippen molar-refractivity contribution in [2.45, 2.75) is 19.4 Å². The number of benzene rings is 3. The third kappa shape index (κ3) is 4.37. The van der Waals surface area contributed by atoms with Gasteiger partial charge in [0.2, 0.25) is 0 Å². The summed E-state index contributed by atoms with van der Waals surface area (Å²) in [7, 11) is 3.16. The Morgan fingerprint density at radius 2 is 1.79 bits per heavy atom. The lowest BCUT2D eigenvalue weighted by molar-refractivity contribution is 0.0946. The first-order valence-electron chi connectivity index (χ1n) is 11.4. The van der Waals surface area contributed by atoms with Gasteiger partial charge < -0.3 is 18.6 Å². The Hall–Kier alpha value is -3.77. The average molecular weight is 458 g/mol. The van der Waals surface area contributed by atoms with Crippen LogP contribution in [-0.2, 0) is 13.0 Å². The number of rotatable bonds is 7. The van der Waals surface area contributed by atoms with Crippen LogP contribution < -0.4 is 19.8 Å². The summed E-state index contributed by atoms with van der Waals surface area (Å²) in [5, 5.41) is 0.848. The number of methoxy groups -OCH3 is 2. The van der Waals surface area contributed by atoms with Gasteiger partial charge in [-0.1, -0.05) is 30.3 Å². The number of hydrogen-bond acceptors (Lipinski definition) is 6. The standard InChI is InChI=1S/C28H27NO5/c1-31-21-11-12-22(26(16-21)32-2)23-15-20-10-13-25-24(27(20)34-28(23)30)17-29(18-33-25)14-6-9-19-7-4-3-5-8-19/h3-5,7-8,10-13,15-16H,6,9,14,17-18H2,1-2H3. The summed E-state index contributed by atoms with van der Waals surface area (Å²) >= 11 is 0. The Kier molecular flexibility index (Phi) is 6.23. The van der Waals surface area contributed by atoms with Crippen molar-refractivity contribution in [2.24, 2.45) is 0 Å². The van der Waals surface area contributed by atoms with Crippen LogP contribution in [0.25, 0.3) is 22.1 Å². The van der Waals surface area contributed by atoms with Crippen molar-refractivity contribution in [3.63, 3.8) is 0 Å². The number of nitrogens with zero attached hydrogens (tertiary/aromatic N) is 1. The second-order valence-electron chi connectivity index (χ2n) is 8.39. The van der Waals surface area contributed by atoms with E-state index in [1.165, 1.54) is 5.56 Å². The summed E-state index contributed by atoms with van der Waals surface area (Å²) in [4.78, 5) is 15.3. The second-order valence-corrected chi connectivity index (χ2v) is 8.39. The molecule has 6 heteroatoms. The predicted molar refractivity (Wildman–Crippen MR) is 132 cm³/mol. The quantitative estimate of drug-likeness (QED) is 0.353. The van der Waals surface area contributed by atoms with Crippen molar-refractivity contribution < 1.29 is 18.6 Å². The van der Waals surface area contributed by atoms with E-state index in [1.807, 2.05) is 30.3 Å². The highest BCUT2D eigenvalue weighted by atomic mass is 16.5. The molecule has 0 atom stereocenters. The SMILES string of the molecule is COc1ccc(-c2cc3ccc4c(c3oc2=O)CN(CCCc2ccccc2)CO4)c(OC)c1. The second kappa shape index (κ2) is 9.61. The topological polar surface area (TPSA) is 61.1 Å². The maximum Gasteiger partial charge on any atom is 0.344 e. The highest BCUT2D eigenvalue weighted by Crippen LogP contribution is 2.36. The largest absolute Gasteiger partial charge is 0.497 e. The van der Waals surface area contributed by atoms with E-state index >= 15 is 0 Å². The molecule has 0 radical (unpaired) electrons. The van der Waals surface area contributed by atoms with Crippen LogP contribution in [0, 0.1) is 0 Å². The van der Waals surface area contributed by atoms with Crippen LogP contribution in [0.15, 0.2) is 75.9 Å². The van der Waals surface area contributed by atoms with E-state index in [0.717, 1.165) is 36.1 Å². The smallest absolute Gasteiger partial charge is 0.344 e. The van der Waals surface area contributed by atoms with Crippen LogP contribution in [0.5, 0.6) is 17.2 Å². The van der Waals surface area contributed by atoms with Crippen molar-refractivity contribution in [1.82, 2.24) is 4.90 Å². The lowest BCUT2D eigenvalue weighted by Crippen LogP contribution is -2.33. The van der Waals surface area contributed by atoms with Crippen molar-refractivity contribution in [2.75, 3.05) is 27.5 Å². The fraction of sp³-hybridized carbons (Fsp3) is 0.250. The molecule has 1 aliphatic rings. The van der Waals surface area contributed by atoms with E-state index < -0.39 is 5.63 Å². The summed E-state index contributed by atoms with van der Waals surface area (Å²) in [6.07, 6.45) is 2.04. The maximum absolute atomic E-state index is 13.0. The van der Waals surface area contributed by atoms with Gasteiger partial charge in [-0.15, -0.1) is 0 Å². The highest BCUT2D eigenvalue weighted by Gasteiger charge is 2.22. The van der Waals surface area contributed by atoms with E-state index in [1.54, 1.807) is 26.4 Å². The van der Waals surface area contributed by atoms with Gasteiger partial charge >= 0.3 is 5.63 Å². The first-order valence-corrected chi connectivity index (χ1v) is 11.4. The number of fused-ring (bicyclic) bond motifs is 3. The molecule has 34 heavy (non-hydrogen) atoms. The molecule has 0 aliphatic carbocycles. The molecular weight excluding hydrogens is 430 g/mol. The zero-order valence-electron chi connectivity index (χ0n) is 19.4. The van der Waals surface area contributed by atoms with Gasteiger partial charge in [-0.3, -0.25) is 4.90 Å². The molecule has 0 amide bonds. The van der Waals surface area contributed by atoms with E-state index in [-0.39, 0.29) is 0 Å². The summed E-state index contributed by atoms with van der Waals surface area (Å²) < 4.78 is 22.6. The third-order valence-corrected chi connectivity index (χ3v) is 6.23. The molecule has 4 aromatic rings. The van der Waals surface area contributed by atoms with E-state index in [0.29, 0.717) is 41.5 Å². The molecule has 0 N–H and O–H groups in total. The molecule has 0 saturated heterocycles. The number of ether oxygens (including phenoxy) is 3. The first-order chi connectivity index (χ1) is 16.7. The molecule has 2 heterocycles. The molecular formula is C28H27NO5. The summed E-state index contributed by atoms with van der Waals surface area (Å²) in [5.74, 6) is 1.98. The van der Waals surface area contributed by atoms with Gasteiger partial charge in [0.25, 0.3) is 0 Å². The van der Waals surface area contributed by atoms with E-state index in [4.69, 9.17) is 18.6 Å². The molecule has 5 rings (SSSR count). The monoisotopic (exact) mass is 457 g/mol. The van der Waals surface area contributed by atoms with Gasteiger partial charge in [-0.05, 0) is 48.7 Å². The van der Waals surface area contributed by atoms with Crippen LogP contribution >= 0.6 is 0 Å². The number of hydrogen-bond donors (Lipinski definition) is 0. The van der Waals surface area contributed by atoms with Crippen LogP contribution in [0.1, 0.15) is 17.5 Å². The maximum atomic E-state index is 13.0. The summed E-state index contributed by atoms with van der Waals surface area (Å²) in [6.45, 7) is 2.10. The normalized spacial score (nSPS) is 13.4. The fourth-order valence-electron chi connectivity index (χ4n) is 4.44. The van der Waals surface area contributed by atoms with Crippen LogP contribution in [0.3, 0.4) is 0 Å². The van der Waals surface area contributed by atoms with Gasteiger partial charge in [-0.25, -0.2) is 4.79 Å². The lowest BCUT2D eigenvalue weighted by atomic mass is 10.0. The highest BCUT2D eigenvalue weighted by molar-refractivity contribution is 5.87. The van der Waals surface area contributed by atoms with Gasteiger partial charge in [0.05, 0.1) is 25.3 Å². The van der Waals surface area contributed by atoms with Crippen molar-refractivity contribution in [1.29, 1.82) is 0 Å². The third-order valence-electron chi connectivity index (χ3n) is 6.23. The Morgan fingerprint density at radius 3 is 2.59 bits per heavy atom. The predicted octanol–water partition coefficient (Wildman–Crippen LogP) is 5.26. The molecule has 1 aromatic heterocycles. The molecule has 174 valence electrons. The zero-order valence-corrected chi connectivity index (χ0v) is 19.4. The minimum Gasteiger partial charge on any atom is -0.497 e. The summed E-state index contributed by atoms with van der Waals surface area (Å²) in [5.41, 5.74) is 3.52. The van der Waals surface area contributed by atoms with E-state index in [9.17, 15) is 4.79 Å². The van der Waals surface area contributed by atoms with Crippen molar-refractivity contribution in [3.05, 3.63) is 88.3 Å². The van der Waals surface area contributed by atoms with Gasteiger partial charge in [0.1, 0.15) is 29.6 Å². The van der Waals surface area contributed by atoms with Gasteiger partial charge in [-0.2, -0.15) is 0 Å². The zero-order chi connectivity index (χ0) is 23.5. The van der Waals surface area contributed by atoms with Crippen molar-refractivity contribution >= 4 is 11.0 Å². The van der Waals surface area contributed by atoms with E-state index in [2.05, 4.69) is 29.2 Å². The molecule has 1 aliphatic heterocycles. The minimum atomic E-state index is -0.412. The molecule has 3 aromatic carbocycles. The van der Waals surface area contributed by atoms with Crippen molar-refractivity contribution in [3.8, 4) is 28.4 Å². The molecule has 6 nitrogen and oxygen atoms in total. The Labute approximate surface area is 198 Å². The molecule has 0 unspecified atom stereocenters. The Balaban J connectivity index is 1.42. The fourth-order valence-corrected chi connectivity index (χ4v) is 4.44. The molecule has 0 saturated carbocycles. The van der Waals surface area contributed by atoms with Gasteiger partial charge in [0, 0.05) is 30.1 Å². The summed E-state index contributed by atoms with van der Waals surface area (Å²) in [6, 6.07) is 21.6. The molecule has 0 bridgehead atoms. The lowest BCUT2D eigenvalue weighted by Gasteiger charge is -2.29. The average Bonchev–Trinajstić information content (AvgIpc) is 2.88. The Bertz CT molecular complexity index is 1360. The number of aryl methyl sites for hydroxylation is 1. The van der Waals surface area contributed by atoms with Crippen LogP contribution in [-0.4, -0.2) is 32.4 Å². The minimum absolute atomic E-state index is 0.412. The first kappa shape index (κ1) is 22.0. The molecule has 0 spiro atoms. The Morgan fingerprint density at radius 1 is 0.941 bits per heavy atom. The van der Waals surface area contributed by atoms with Gasteiger partial charge in [0.15, 0.2) is 0 Å².